The maximum Gasteiger partial charge on any atom is 0.192 e. The van der Waals surface area contributed by atoms with Crippen LogP contribution in [-0.4, -0.2) is 16.7 Å². The van der Waals surface area contributed by atoms with Crippen LogP contribution in [0.5, 0.6) is 0 Å². The number of nitrogens with zero attached hydrogens (tertiary/aromatic N) is 1. The molecular weight excluding hydrogens is 214 g/mol. The monoisotopic (exact) mass is 231 g/mol. The molecule has 0 aliphatic heterocycles. The fourth-order valence-corrected chi connectivity index (χ4v) is 2.70. The van der Waals surface area contributed by atoms with Crippen molar-refractivity contribution >= 4 is 11.1 Å². The Bertz CT molecular complexity index is 535. The topological polar surface area (TPSA) is 46.3 Å². The lowest BCUT2D eigenvalue weighted by molar-refractivity contribution is 0.0450. The molecule has 1 heterocycles. The van der Waals surface area contributed by atoms with Gasteiger partial charge in [-0.25, -0.2) is 4.98 Å². The molecule has 0 amide bonds. The molecule has 0 spiro atoms. The lowest BCUT2D eigenvalue weighted by Crippen LogP contribution is -2.35. The van der Waals surface area contributed by atoms with Crippen molar-refractivity contribution in [2.24, 2.45) is 5.41 Å². The Balaban J connectivity index is 1.90. The van der Waals surface area contributed by atoms with Gasteiger partial charge in [-0.2, -0.15) is 0 Å². The molecule has 90 valence electrons. The van der Waals surface area contributed by atoms with Gasteiger partial charge >= 0.3 is 0 Å². The normalized spacial score (nSPS) is 18.2. The number of oxazole rings is 1. The van der Waals surface area contributed by atoms with Crippen molar-refractivity contribution in [2.45, 2.75) is 32.6 Å². The minimum atomic E-state index is 0.131. The number of hydrogen-bond donors (Lipinski definition) is 1. The maximum atomic E-state index is 9.48. The first-order valence-electron chi connectivity index (χ1n) is 6.18. The van der Waals surface area contributed by atoms with Crippen molar-refractivity contribution in [3.8, 4) is 0 Å². The van der Waals surface area contributed by atoms with E-state index in [2.05, 4.69) is 17.1 Å². The number of aliphatic hydroxyl groups is 1. The lowest BCUT2D eigenvalue weighted by Gasteiger charge is -2.40. The molecule has 1 saturated carbocycles. The summed E-state index contributed by atoms with van der Waals surface area (Å²) in [6, 6.07) is 6.15. The summed E-state index contributed by atoms with van der Waals surface area (Å²) in [4.78, 5) is 4.34. The molecule has 1 aliphatic rings. The van der Waals surface area contributed by atoms with E-state index in [1.54, 1.807) is 0 Å². The maximum absolute atomic E-state index is 9.48. The third-order valence-corrected chi connectivity index (χ3v) is 3.89. The number of fused-ring (bicyclic) bond motifs is 1. The quantitative estimate of drug-likeness (QED) is 0.883. The van der Waals surface area contributed by atoms with Gasteiger partial charge in [0.2, 0.25) is 0 Å². The first-order chi connectivity index (χ1) is 8.21. The molecule has 1 aromatic carbocycles. The molecule has 1 aromatic heterocycles. The average Bonchev–Trinajstić information content (AvgIpc) is 2.63. The molecular formula is C14H17NO2. The summed E-state index contributed by atoms with van der Waals surface area (Å²) < 4.78 is 5.46. The van der Waals surface area contributed by atoms with E-state index in [9.17, 15) is 5.11 Å². The van der Waals surface area contributed by atoms with Gasteiger partial charge in [0.05, 0.1) is 0 Å². The van der Waals surface area contributed by atoms with Crippen LogP contribution in [0.25, 0.3) is 11.1 Å². The molecule has 0 radical (unpaired) electrons. The molecule has 0 saturated heterocycles. The third-order valence-electron chi connectivity index (χ3n) is 3.89. The van der Waals surface area contributed by atoms with Crippen molar-refractivity contribution in [3.05, 3.63) is 29.7 Å². The highest BCUT2D eigenvalue weighted by Crippen LogP contribution is 2.43. The van der Waals surface area contributed by atoms with E-state index in [-0.39, 0.29) is 5.41 Å². The van der Waals surface area contributed by atoms with Gasteiger partial charge in [0.15, 0.2) is 11.5 Å². The van der Waals surface area contributed by atoms with Gasteiger partial charge < -0.3 is 9.52 Å². The van der Waals surface area contributed by atoms with Crippen molar-refractivity contribution in [2.75, 3.05) is 6.61 Å². The van der Waals surface area contributed by atoms with E-state index in [1.165, 1.54) is 12.0 Å². The minimum Gasteiger partial charge on any atom is -0.441 e. The predicted octanol–water partition coefficient (Wildman–Crippen LogP) is 2.84. The van der Waals surface area contributed by atoms with Gasteiger partial charge in [-0.3, -0.25) is 0 Å². The van der Waals surface area contributed by atoms with Gasteiger partial charge in [0.25, 0.3) is 0 Å². The molecule has 17 heavy (non-hydrogen) atoms. The van der Waals surface area contributed by atoms with Crippen molar-refractivity contribution in [1.29, 1.82) is 0 Å². The van der Waals surface area contributed by atoms with Gasteiger partial charge in [-0.15, -0.1) is 0 Å². The molecule has 2 aromatic rings. The summed E-state index contributed by atoms with van der Waals surface area (Å²) in [6.07, 6.45) is 4.47. The number of aliphatic hydroxyl groups excluding tert-OH is 1. The number of hydrogen-bond acceptors (Lipinski definition) is 3. The molecule has 1 aliphatic carbocycles. The van der Waals surface area contributed by atoms with Crippen LogP contribution in [0.2, 0.25) is 0 Å². The smallest absolute Gasteiger partial charge is 0.192 e. The second-order valence-electron chi connectivity index (χ2n) is 5.22. The first kappa shape index (κ1) is 10.8. The zero-order valence-corrected chi connectivity index (χ0v) is 10.1. The van der Waals surface area contributed by atoms with E-state index in [0.717, 1.165) is 30.4 Å². The summed E-state index contributed by atoms with van der Waals surface area (Å²) in [5.74, 6) is 0.706. The molecule has 0 atom stereocenters. The number of aryl methyl sites for hydroxylation is 1. The average molecular weight is 231 g/mol. The van der Waals surface area contributed by atoms with E-state index in [0.29, 0.717) is 12.5 Å². The highest BCUT2D eigenvalue weighted by molar-refractivity contribution is 5.73. The summed E-state index contributed by atoms with van der Waals surface area (Å²) in [5, 5.41) is 9.48. The van der Waals surface area contributed by atoms with Crippen LogP contribution in [0.4, 0.5) is 0 Å². The van der Waals surface area contributed by atoms with Crippen molar-refractivity contribution in [1.82, 2.24) is 4.98 Å². The van der Waals surface area contributed by atoms with Crippen LogP contribution in [0.3, 0.4) is 0 Å². The Morgan fingerprint density at radius 3 is 2.88 bits per heavy atom. The summed E-state index contributed by atoms with van der Waals surface area (Å²) in [7, 11) is 0. The lowest BCUT2D eigenvalue weighted by atomic mass is 9.66. The number of benzene rings is 1. The molecule has 0 bridgehead atoms. The Labute approximate surface area is 100 Å². The van der Waals surface area contributed by atoms with Crippen molar-refractivity contribution in [3.63, 3.8) is 0 Å². The molecule has 3 nitrogen and oxygen atoms in total. The van der Waals surface area contributed by atoms with Crippen LogP contribution in [0, 0.1) is 12.3 Å². The second kappa shape index (κ2) is 3.84. The Morgan fingerprint density at radius 2 is 2.24 bits per heavy atom. The van der Waals surface area contributed by atoms with E-state index in [1.807, 2.05) is 13.0 Å². The van der Waals surface area contributed by atoms with Crippen LogP contribution in [-0.2, 0) is 6.42 Å². The third kappa shape index (κ3) is 1.84. The van der Waals surface area contributed by atoms with E-state index < -0.39 is 0 Å². The fraction of sp³-hybridized carbons (Fsp3) is 0.500. The Morgan fingerprint density at radius 1 is 1.41 bits per heavy atom. The van der Waals surface area contributed by atoms with Crippen molar-refractivity contribution < 1.29 is 9.52 Å². The van der Waals surface area contributed by atoms with Gasteiger partial charge in [0, 0.05) is 13.5 Å². The largest absolute Gasteiger partial charge is 0.441 e. The van der Waals surface area contributed by atoms with Crippen LogP contribution < -0.4 is 0 Å². The minimum absolute atomic E-state index is 0.131. The van der Waals surface area contributed by atoms with E-state index >= 15 is 0 Å². The van der Waals surface area contributed by atoms with Crippen LogP contribution in [0.15, 0.2) is 22.6 Å². The SMILES string of the molecule is Cc1nc2cc(CC3(CO)CCC3)ccc2o1. The van der Waals surface area contributed by atoms with Crippen LogP contribution >= 0.6 is 0 Å². The number of aromatic nitrogens is 1. The van der Waals surface area contributed by atoms with E-state index in [4.69, 9.17) is 4.42 Å². The molecule has 1 fully saturated rings. The summed E-state index contributed by atoms with van der Waals surface area (Å²) in [6.45, 7) is 2.16. The van der Waals surface area contributed by atoms with Gasteiger partial charge in [-0.1, -0.05) is 12.5 Å². The molecule has 3 heteroatoms. The standard InChI is InChI=1S/C14H17NO2/c1-10-15-12-7-11(3-4-13(12)17-10)8-14(9-16)5-2-6-14/h3-4,7,16H,2,5-6,8-9H2,1H3. The molecule has 0 unspecified atom stereocenters. The summed E-state index contributed by atoms with van der Waals surface area (Å²) in [5.41, 5.74) is 3.15. The number of rotatable bonds is 3. The molecule has 1 N–H and O–H groups in total. The fourth-order valence-electron chi connectivity index (χ4n) is 2.70. The Kier molecular flexibility index (Phi) is 2.44. The predicted molar refractivity (Wildman–Crippen MR) is 65.8 cm³/mol. The second-order valence-corrected chi connectivity index (χ2v) is 5.22. The van der Waals surface area contributed by atoms with Gasteiger partial charge in [-0.05, 0) is 42.4 Å². The summed E-state index contributed by atoms with van der Waals surface area (Å²) >= 11 is 0. The highest BCUT2D eigenvalue weighted by Gasteiger charge is 2.36. The van der Waals surface area contributed by atoms with Gasteiger partial charge in [0.1, 0.15) is 5.52 Å². The Hall–Kier alpha value is -1.35. The highest BCUT2D eigenvalue weighted by atomic mass is 16.3. The zero-order valence-electron chi connectivity index (χ0n) is 10.1. The van der Waals surface area contributed by atoms with Crippen LogP contribution in [0.1, 0.15) is 30.7 Å². The first-order valence-corrected chi connectivity index (χ1v) is 6.18. The molecule has 3 rings (SSSR count). The zero-order chi connectivity index (χ0) is 11.9.